The molecule has 0 aliphatic heterocycles. The highest BCUT2D eigenvalue weighted by Crippen LogP contribution is 2.21. The zero-order valence-corrected chi connectivity index (χ0v) is 12.7. The van der Waals surface area contributed by atoms with Crippen molar-refractivity contribution in [2.45, 2.75) is 18.0 Å². The maximum Gasteiger partial charge on any atom is 0.243 e. The van der Waals surface area contributed by atoms with Crippen LogP contribution < -0.4 is 10.0 Å². The van der Waals surface area contributed by atoms with Gasteiger partial charge in [-0.1, -0.05) is 0 Å². The van der Waals surface area contributed by atoms with Crippen molar-refractivity contribution < 1.29 is 17.2 Å². The van der Waals surface area contributed by atoms with Crippen molar-refractivity contribution in [3.8, 4) is 0 Å². The van der Waals surface area contributed by atoms with Crippen LogP contribution in [0.4, 0.5) is 8.78 Å². The largest absolute Gasteiger partial charge is 0.315 e. The van der Waals surface area contributed by atoms with E-state index >= 15 is 0 Å². The van der Waals surface area contributed by atoms with Gasteiger partial charge in [0.05, 0.1) is 17.7 Å². The van der Waals surface area contributed by atoms with E-state index < -0.39 is 26.6 Å². The van der Waals surface area contributed by atoms with E-state index in [2.05, 4.69) is 15.0 Å². The molecule has 0 spiro atoms. The molecule has 0 aliphatic rings. The van der Waals surface area contributed by atoms with Crippen LogP contribution in [0.15, 0.2) is 27.9 Å². The van der Waals surface area contributed by atoms with Crippen LogP contribution in [-0.4, -0.2) is 20.4 Å². The molecule has 0 aliphatic carbocycles. The molecule has 0 saturated carbocycles. The normalized spacial score (nSPS) is 11.8. The standard InChI is InChI=1S/C12H13F2N3O2S2/c1-15-5-9-10(13)2-3-11(12(9)14)21(18,19)17-4-8-6-20-7-16-8/h2-3,6-7,15,17H,4-5H2,1H3. The molecule has 114 valence electrons. The molecule has 0 radical (unpaired) electrons. The van der Waals surface area contributed by atoms with Crippen molar-refractivity contribution in [1.82, 2.24) is 15.0 Å². The maximum absolute atomic E-state index is 14.2. The summed E-state index contributed by atoms with van der Waals surface area (Å²) in [5.41, 5.74) is 1.78. The molecule has 1 heterocycles. The third-order valence-corrected chi connectivity index (χ3v) is 4.77. The number of aromatic nitrogens is 1. The van der Waals surface area contributed by atoms with Gasteiger partial charge in [0.1, 0.15) is 10.7 Å². The highest BCUT2D eigenvalue weighted by atomic mass is 32.2. The Labute approximate surface area is 125 Å². The van der Waals surface area contributed by atoms with Gasteiger partial charge in [0.2, 0.25) is 10.0 Å². The van der Waals surface area contributed by atoms with E-state index in [4.69, 9.17) is 0 Å². The van der Waals surface area contributed by atoms with Crippen LogP contribution in [-0.2, 0) is 23.1 Å². The molecule has 0 amide bonds. The molecule has 2 N–H and O–H groups in total. The quantitative estimate of drug-likeness (QED) is 0.843. The van der Waals surface area contributed by atoms with Gasteiger partial charge in [-0.25, -0.2) is 26.9 Å². The van der Waals surface area contributed by atoms with Gasteiger partial charge in [-0.05, 0) is 19.2 Å². The van der Waals surface area contributed by atoms with E-state index in [1.807, 2.05) is 0 Å². The van der Waals surface area contributed by atoms with E-state index in [0.717, 1.165) is 12.1 Å². The van der Waals surface area contributed by atoms with Gasteiger partial charge in [-0.3, -0.25) is 0 Å². The molecular weight excluding hydrogens is 320 g/mol. The third kappa shape index (κ3) is 3.62. The second-order valence-electron chi connectivity index (χ2n) is 4.17. The lowest BCUT2D eigenvalue weighted by molar-refractivity contribution is 0.517. The maximum atomic E-state index is 14.2. The van der Waals surface area contributed by atoms with Gasteiger partial charge < -0.3 is 5.32 Å². The highest BCUT2D eigenvalue weighted by Gasteiger charge is 2.23. The molecule has 9 heteroatoms. The third-order valence-electron chi connectivity index (χ3n) is 2.72. The van der Waals surface area contributed by atoms with Crippen LogP contribution in [0.1, 0.15) is 11.3 Å². The number of nitrogens with one attached hydrogen (secondary N) is 2. The van der Waals surface area contributed by atoms with Crippen molar-refractivity contribution in [2.75, 3.05) is 7.05 Å². The number of thiazole rings is 1. The fourth-order valence-electron chi connectivity index (χ4n) is 1.69. The minimum atomic E-state index is -4.08. The van der Waals surface area contributed by atoms with Crippen molar-refractivity contribution in [3.05, 3.63) is 45.9 Å². The average Bonchev–Trinajstić information content (AvgIpc) is 2.94. The minimum absolute atomic E-state index is 0.0516. The van der Waals surface area contributed by atoms with Crippen molar-refractivity contribution in [2.24, 2.45) is 0 Å². The number of rotatable bonds is 6. The first-order valence-electron chi connectivity index (χ1n) is 5.94. The molecule has 0 saturated heterocycles. The molecule has 1 aromatic heterocycles. The molecule has 0 atom stereocenters. The lowest BCUT2D eigenvalue weighted by Crippen LogP contribution is -2.25. The van der Waals surface area contributed by atoms with Gasteiger partial charge in [0.15, 0.2) is 5.82 Å². The zero-order chi connectivity index (χ0) is 15.5. The van der Waals surface area contributed by atoms with Gasteiger partial charge in [0, 0.05) is 17.5 Å². The lowest BCUT2D eigenvalue weighted by Gasteiger charge is -2.10. The Bertz CT molecular complexity index is 718. The van der Waals surface area contributed by atoms with Crippen molar-refractivity contribution in [3.63, 3.8) is 0 Å². The van der Waals surface area contributed by atoms with E-state index in [9.17, 15) is 17.2 Å². The lowest BCUT2D eigenvalue weighted by atomic mass is 10.2. The monoisotopic (exact) mass is 333 g/mol. The predicted molar refractivity (Wildman–Crippen MR) is 75.3 cm³/mol. The Hall–Kier alpha value is -1.42. The number of hydrogen-bond acceptors (Lipinski definition) is 5. The smallest absolute Gasteiger partial charge is 0.243 e. The molecule has 2 rings (SSSR count). The number of halogens is 2. The molecule has 2 aromatic rings. The first-order chi connectivity index (χ1) is 9.95. The summed E-state index contributed by atoms with van der Waals surface area (Å²) in [7, 11) is -2.56. The fourth-order valence-corrected chi connectivity index (χ4v) is 3.35. The topological polar surface area (TPSA) is 71.1 Å². The number of nitrogens with zero attached hydrogens (tertiary/aromatic N) is 1. The summed E-state index contributed by atoms with van der Waals surface area (Å²) >= 11 is 1.32. The summed E-state index contributed by atoms with van der Waals surface area (Å²) in [6.45, 7) is -0.156. The summed E-state index contributed by atoms with van der Waals surface area (Å²) in [4.78, 5) is 3.35. The van der Waals surface area contributed by atoms with Gasteiger partial charge >= 0.3 is 0 Å². The SMILES string of the molecule is CNCc1c(F)ccc(S(=O)(=O)NCc2cscn2)c1F. The van der Waals surface area contributed by atoms with Crippen LogP contribution in [0.3, 0.4) is 0 Å². The van der Waals surface area contributed by atoms with E-state index in [-0.39, 0.29) is 18.7 Å². The summed E-state index contributed by atoms with van der Waals surface area (Å²) < 4.78 is 54.1. The Morgan fingerprint density at radius 3 is 2.67 bits per heavy atom. The summed E-state index contributed by atoms with van der Waals surface area (Å²) in [5, 5.41) is 4.27. The Morgan fingerprint density at radius 2 is 2.05 bits per heavy atom. The molecule has 0 bridgehead atoms. The van der Waals surface area contributed by atoms with E-state index in [0.29, 0.717) is 5.69 Å². The number of benzene rings is 1. The summed E-state index contributed by atoms with van der Waals surface area (Å²) in [5.74, 6) is -1.88. The molecular formula is C12H13F2N3O2S2. The Kier molecular flexibility index (Phi) is 4.99. The number of sulfonamides is 1. The molecule has 21 heavy (non-hydrogen) atoms. The second kappa shape index (κ2) is 6.56. The first kappa shape index (κ1) is 16.0. The first-order valence-corrected chi connectivity index (χ1v) is 8.36. The Morgan fingerprint density at radius 1 is 1.29 bits per heavy atom. The molecule has 1 aromatic carbocycles. The van der Waals surface area contributed by atoms with Gasteiger partial charge in [0.25, 0.3) is 0 Å². The highest BCUT2D eigenvalue weighted by molar-refractivity contribution is 7.89. The number of hydrogen-bond donors (Lipinski definition) is 2. The van der Waals surface area contributed by atoms with Crippen molar-refractivity contribution >= 4 is 21.4 Å². The molecule has 0 fully saturated rings. The van der Waals surface area contributed by atoms with Crippen LogP contribution in [0.5, 0.6) is 0 Å². The predicted octanol–water partition coefficient (Wildman–Crippen LogP) is 1.62. The molecule has 5 nitrogen and oxygen atoms in total. The average molecular weight is 333 g/mol. The minimum Gasteiger partial charge on any atom is -0.315 e. The zero-order valence-electron chi connectivity index (χ0n) is 11.1. The van der Waals surface area contributed by atoms with E-state index in [1.54, 1.807) is 10.9 Å². The van der Waals surface area contributed by atoms with Crippen LogP contribution in [0.25, 0.3) is 0 Å². The van der Waals surface area contributed by atoms with Gasteiger partial charge in [-0.2, -0.15) is 0 Å². The van der Waals surface area contributed by atoms with Crippen LogP contribution in [0, 0.1) is 11.6 Å². The van der Waals surface area contributed by atoms with E-state index in [1.165, 1.54) is 18.4 Å². The van der Waals surface area contributed by atoms with Gasteiger partial charge in [-0.15, -0.1) is 11.3 Å². The summed E-state index contributed by atoms with van der Waals surface area (Å²) in [6, 6.07) is 1.85. The molecule has 0 unspecified atom stereocenters. The summed E-state index contributed by atoms with van der Waals surface area (Å²) in [6.07, 6.45) is 0. The second-order valence-corrected chi connectivity index (χ2v) is 6.63. The van der Waals surface area contributed by atoms with Crippen LogP contribution >= 0.6 is 11.3 Å². The van der Waals surface area contributed by atoms with Crippen LogP contribution in [0.2, 0.25) is 0 Å². The van der Waals surface area contributed by atoms with Crippen molar-refractivity contribution in [1.29, 1.82) is 0 Å². The Balaban J connectivity index is 2.29. The fraction of sp³-hybridized carbons (Fsp3) is 0.250.